The smallest absolute Gasteiger partial charge is 0.320 e. The number of ether oxygens (including phenoxy) is 1. The van der Waals surface area contributed by atoms with Crippen LogP contribution in [0.1, 0.15) is 34.6 Å². The molecule has 1 unspecified atom stereocenters. The van der Waals surface area contributed by atoms with Gasteiger partial charge in [0.05, 0.1) is 24.4 Å². The number of nitrogens with one attached hydrogen (secondary N) is 2. The summed E-state index contributed by atoms with van der Waals surface area (Å²) in [5.74, 6) is -3.03. The van der Waals surface area contributed by atoms with Crippen LogP contribution in [0, 0.1) is 6.92 Å². The maximum absolute atomic E-state index is 13.9. The van der Waals surface area contributed by atoms with Gasteiger partial charge in [0, 0.05) is 44.4 Å². The Hall–Kier alpha value is -4.05. The molecule has 4 aromatic rings. The van der Waals surface area contributed by atoms with E-state index in [1.165, 1.54) is 0 Å². The number of carbonyl (C=O) groups is 1. The van der Waals surface area contributed by atoms with E-state index in [4.69, 9.17) is 9.84 Å². The van der Waals surface area contributed by atoms with Crippen molar-refractivity contribution in [2.45, 2.75) is 38.3 Å². The predicted octanol–water partition coefficient (Wildman–Crippen LogP) is 5.17. The number of carbonyl (C=O) groups excluding carboxylic acids is 1. The van der Waals surface area contributed by atoms with E-state index in [1.54, 1.807) is 34.8 Å². The molecule has 0 radical (unpaired) electrons. The molecule has 10 heteroatoms. The van der Waals surface area contributed by atoms with Crippen molar-refractivity contribution in [3.63, 3.8) is 0 Å². The minimum absolute atomic E-state index is 0.0965. The van der Waals surface area contributed by atoms with Crippen molar-refractivity contribution in [1.29, 1.82) is 0 Å². The Morgan fingerprint density at radius 3 is 2.62 bits per heavy atom. The lowest BCUT2D eigenvalue weighted by Gasteiger charge is -2.14. The molecule has 1 aliphatic carbocycles. The topological polar surface area (TPSA) is 86.0 Å². The Morgan fingerprint density at radius 1 is 1.22 bits per heavy atom. The van der Waals surface area contributed by atoms with Gasteiger partial charge in [0.15, 0.2) is 0 Å². The summed E-state index contributed by atoms with van der Waals surface area (Å²) in [5, 5.41) is 14.7. The number of rotatable bonds is 8. The molecule has 2 heterocycles. The Balaban J connectivity index is 1.40. The highest BCUT2D eigenvalue weighted by atomic mass is 19.3. The molecule has 1 atom stereocenters. The van der Waals surface area contributed by atoms with Gasteiger partial charge in [-0.3, -0.25) is 10.00 Å². The number of hydrogen-bond donors (Lipinski definition) is 2. The Kier molecular flexibility index (Phi) is 6.51. The van der Waals surface area contributed by atoms with Gasteiger partial charge in [-0.25, -0.2) is 18.3 Å². The second-order valence-corrected chi connectivity index (χ2v) is 9.26. The van der Waals surface area contributed by atoms with Crippen molar-refractivity contribution in [1.82, 2.24) is 24.9 Å². The van der Waals surface area contributed by atoms with Crippen LogP contribution in [0.2, 0.25) is 0 Å². The van der Waals surface area contributed by atoms with Gasteiger partial charge in [0.25, 0.3) is 5.92 Å². The minimum Gasteiger partial charge on any atom is -0.380 e. The summed E-state index contributed by atoms with van der Waals surface area (Å²) < 4.78 is 36.3. The van der Waals surface area contributed by atoms with Gasteiger partial charge >= 0.3 is 6.03 Å². The molecule has 2 aromatic heterocycles. The van der Waals surface area contributed by atoms with Crippen LogP contribution in [0.15, 0.2) is 60.9 Å². The first-order valence-corrected chi connectivity index (χ1v) is 11.9. The first-order valence-electron chi connectivity index (χ1n) is 11.9. The number of hydrogen-bond acceptors (Lipinski definition) is 4. The molecule has 1 fully saturated rings. The van der Waals surface area contributed by atoms with Crippen LogP contribution >= 0.6 is 0 Å². The van der Waals surface area contributed by atoms with Crippen LogP contribution in [-0.4, -0.2) is 38.6 Å². The van der Waals surface area contributed by atoms with Crippen molar-refractivity contribution < 1.29 is 18.3 Å². The molecule has 8 nitrogen and oxygen atoms in total. The quantitative estimate of drug-likeness (QED) is 0.345. The summed E-state index contributed by atoms with van der Waals surface area (Å²) in [6, 6.07) is 14.3. The second-order valence-electron chi connectivity index (χ2n) is 9.26. The van der Waals surface area contributed by atoms with Crippen LogP contribution in [0.5, 0.6) is 0 Å². The van der Waals surface area contributed by atoms with Crippen molar-refractivity contribution >= 4 is 11.8 Å². The van der Waals surface area contributed by atoms with Gasteiger partial charge in [0.1, 0.15) is 11.5 Å². The number of amides is 2. The summed E-state index contributed by atoms with van der Waals surface area (Å²) >= 11 is 0. The van der Waals surface area contributed by atoms with Crippen molar-refractivity contribution in [3.05, 3.63) is 83.2 Å². The van der Waals surface area contributed by atoms with Crippen molar-refractivity contribution in [2.24, 2.45) is 7.05 Å². The van der Waals surface area contributed by atoms with E-state index in [0.717, 1.165) is 22.4 Å². The van der Waals surface area contributed by atoms with Crippen LogP contribution < -0.4 is 10.6 Å². The number of aryl methyl sites for hydroxylation is 1. The predicted molar refractivity (Wildman–Crippen MR) is 136 cm³/mol. The van der Waals surface area contributed by atoms with E-state index < -0.39 is 17.9 Å². The first kappa shape index (κ1) is 24.6. The zero-order valence-electron chi connectivity index (χ0n) is 20.8. The standard InChI is InChI=1S/C27H28F2N6O2/c1-17-24(20-14-31-34(2)15-20)33-35(21-7-5-4-6-8-21)25(17)32-26(36)30-13-19-11-18(16-37-3)9-10-22(19)23-12-27(23,28)29/h4-11,14-15,23H,12-13,16H2,1-3H3,(H2,30,32,36). The number of methoxy groups -OCH3 is 1. The summed E-state index contributed by atoms with van der Waals surface area (Å²) in [4.78, 5) is 13.1. The number of urea groups is 1. The van der Waals surface area contributed by atoms with Crippen LogP contribution in [0.25, 0.3) is 16.9 Å². The number of aromatic nitrogens is 4. The molecule has 1 saturated carbocycles. The fourth-order valence-corrected chi connectivity index (χ4v) is 4.50. The highest BCUT2D eigenvalue weighted by Gasteiger charge is 2.58. The lowest BCUT2D eigenvalue weighted by Crippen LogP contribution is -2.30. The molecular weight excluding hydrogens is 478 g/mol. The zero-order valence-corrected chi connectivity index (χ0v) is 20.8. The van der Waals surface area contributed by atoms with Crippen LogP contribution in [0.4, 0.5) is 19.4 Å². The fourth-order valence-electron chi connectivity index (χ4n) is 4.50. The number of benzene rings is 2. The lowest BCUT2D eigenvalue weighted by molar-refractivity contribution is 0.112. The average molecular weight is 507 g/mol. The number of anilines is 1. The van der Waals surface area contributed by atoms with E-state index in [9.17, 15) is 13.6 Å². The molecule has 2 N–H and O–H groups in total. The molecule has 0 aliphatic heterocycles. The largest absolute Gasteiger partial charge is 0.380 e. The highest BCUT2D eigenvalue weighted by molar-refractivity contribution is 5.90. The van der Waals surface area contributed by atoms with Gasteiger partial charge in [-0.1, -0.05) is 36.4 Å². The SMILES string of the molecule is COCc1ccc(C2CC2(F)F)c(CNC(=O)Nc2c(C)c(-c3cnn(C)c3)nn2-c2ccccc2)c1. The molecular formula is C27H28F2N6O2. The number of alkyl halides is 2. The van der Waals surface area contributed by atoms with Gasteiger partial charge in [-0.2, -0.15) is 10.2 Å². The zero-order chi connectivity index (χ0) is 26.2. The van der Waals surface area contributed by atoms with E-state index >= 15 is 0 Å². The third-order valence-corrected chi connectivity index (χ3v) is 6.49. The molecule has 37 heavy (non-hydrogen) atoms. The van der Waals surface area contributed by atoms with E-state index in [1.807, 2.05) is 56.6 Å². The molecule has 2 aromatic carbocycles. The summed E-state index contributed by atoms with van der Waals surface area (Å²) in [6.45, 7) is 2.33. The highest BCUT2D eigenvalue weighted by Crippen LogP contribution is 2.56. The number of halogens is 2. The van der Waals surface area contributed by atoms with Gasteiger partial charge < -0.3 is 10.1 Å². The molecule has 0 bridgehead atoms. The van der Waals surface area contributed by atoms with Gasteiger partial charge in [-0.15, -0.1) is 0 Å². The number of para-hydroxylation sites is 1. The van der Waals surface area contributed by atoms with E-state index in [2.05, 4.69) is 15.7 Å². The summed E-state index contributed by atoms with van der Waals surface area (Å²) in [6.07, 6.45) is 3.40. The summed E-state index contributed by atoms with van der Waals surface area (Å²) in [5.41, 5.74) is 5.12. The molecule has 0 saturated heterocycles. The monoisotopic (exact) mass is 506 g/mol. The molecule has 1 aliphatic rings. The Morgan fingerprint density at radius 2 is 1.97 bits per heavy atom. The fraction of sp³-hybridized carbons (Fsp3) is 0.296. The molecule has 192 valence electrons. The minimum atomic E-state index is -2.71. The molecule has 0 spiro atoms. The van der Waals surface area contributed by atoms with Gasteiger partial charge in [0.2, 0.25) is 0 Å². The third kappa shape index (κ3) is 5.10. The Labute approximate surface area is 213 Å². The maximum atomic E-state index is 13.9. The van der Waals surface area contributed by atoms with Crippen LogP contribution in [0.3, 0.4) is 0 Å². The maximum Gasteiger partial charge on any atom is 0.320 e. The number of nitrogens with zero attached hydrogens (tertiary/aromatic N) is 4. The molecule has 2 amide bonds. The average Bonchev–Trinajstić information content (AvgIpc) is 3.15. The second kappa shape index (κ2) is 9.78. The first-order chi connectivity index (χ1) is 17.8. The lowest BCUT2D eigenvalue weighted by atomic mass is 10.00. The van der Waals surface area contributed by atoms with Crippen LogP contribution in [-0.2, 0) is 24.9 Å². The van der Waals surface area contributed by atoms with E-state index in [-0.39, 0.29) is 13.0 Å². The van der Waals surface area contributed by atoms with Crippen molar-refractivity contribution in [3.8, 4) is 16.9 Å². The van der Waals surface area contributed by atoms with Crippen molar-refractivity contribution in [2.75, 3.05) is 12.4 Å². The molecule has 5 rings (SSSR count). The van der Waals surface area contributed by atoms with E-state index in [0.29, 0.717) is 29.2 Å². The normalized spacial score (nSPS) is 16.0. The Bertz CT molecular complexity index is 1430. The third-order valence-electron chi connectivity index (χ3n) is 6.49. The van der Waals surface area contributed by atoms with Gasteiger partial charge in [-0.05, 0) is 35.7 Å². The summed E-state index contributed by atoms with van der Waals surface area (Å²) in [7, 11) is 3.40.